The highest BCUT2D eigenvalue weighted by Crippen LogP contribution is 2.38. The fourth-order valence-electron chi connectivity index (χ4n) is 2.18. The van der Waals surface area contributed by atoms with E-state index in [0.717, 1.165) is 12.1 Å². The highest BCUT2D eigenvalue weighted by molar-refractivity contribution is 9.10. The molecule has 0 aliphatic heterocycles. The normalized spacial score (nSPS) is 14.1. The summed E-state index contributed by atoms with van der Waals surface area (Å²) in [6.45, 7) is 1.57. The van der Waals surface area contributed by atoms with Crippen molar-refractivity contribution in [2.24, 2.45) is 0 Å². The second-order valence-corrected chi connectivity index (χ2v) is 5.30. The molecule has 2 aromatic carbocycles. The smallest absolute Gasteiger partial charge is 0.146 e. The van der Waals surface area contributed by atoms with E-state index in [1.165, 1.54) is 24.3 Å². The minimum atomic E-state index is -1.93. The third kappa shape index (κ3) is 2.47. The van der Waals surface area contributed by atoms with Crippen molar-refractivity contribution in [2.45, 2.75) is 18.9 Å². The van der Waals surface area contributed by atoms with Gasteiger partial charge in [0.15, 0.2) is 0 Å². The van der Waals surface area contributed by atoms with Crippen molar-refractivity contribution in [2.75, 3.05) is 0 Å². The largest absolute Gasteiger partial charge is 0.380 e. The zero-order valence-electron chi connectivity index (χ0n) is 10.6. The van der Waals surface area contributed by atoms with E-state index >= 15 is 0 Å². The van der Waals surface area contributed by atoms with Crippen LogP contribution in [0.3, 0.4) is 0 Å². The Balaban J connectivity index is 2.71. The van der Waals surface area contributed by atoms with Crippen LogP contribution < -0.4 is 0 Å². The molecule has 0 radical (unpaired) electrons. The Morgan fingerprint density at radius 3 is 2.45 bits per heavy atom. The van der Waals surface area contributed by atoms with Gasteiger partial charge in [-0.2, -0.15) is 0 Å². The molecular formula is C15H12BrF3O. The van der Waals surface area contributed by atoms with Gasteiger partial charge in [0.05, 0.1) is 10.0 Å². The molecule has 0 fully saturated rings. The van der Waals surface area contributed by atoms with Gasteiger partial charge in [0, 0.05) is 0 Å². The fraction of sp³-hybridized carbons (Fsp3) is 0.200. The van der Waals surface area contributed by atoms with Crippen LogP contribution in [0.15, 0.2) is 40.9 Å². The molecule has 106 valence electrons. The predicted octanol–water partition coefficient (Wildman–Crippen LogP) is 4.51. The van der Waals surface area contributed by atoms with Gasteiger partial charge in [-0.3, -0.25) is 0 Å². The first-order chi connectivity index (χ1) is 9.40. The average Bonchev–Trinajstić information content (AvgIpc) is 2.43. The molecule has 0 aromatic heterocycles. The van der Waals surface area contributed by atoms with E-state index in [1.54, 1.807) is 6.92 Å². The lowest BCUT2D eigenvalue weighted by atomic mass is 9.83. The van der Waals surface area contributed by atoms with E-state index in [0.29, 0.717) is 0 Å². The van der Waals surface area contributed by atoms with Crippen molar-refractivity contribution < 1.29 is 18.3 Å². The quantitative estimate of drug-likeness (QED) is 0.812. The molecule has 0 heterocycles. The minimum absolute atomic E-state index is 0.000741. The Labute approximate surface area is 123 Å². The maximum atomic E-state index is 14.2. The molecule has 5 heteroatoms. The highest BCUT2D eigenvalue weighted by Gasteiger charge is 2.36. The molecule has 0 saturated carbocycles. The van der Waals surface area contributed by atoms with Crippen LogP contribution >= 0.6 is 15.9 Å². The number of hydrogen-bond donors (Lipinski definition) is 1. The maximum Gasteiger partial charge on any atom is 0.146 e. The summed E-state index contributed by atoms with van der Waals surface area (Å²) < 4.78 is 41.5. The van der Waals surface area contributed by atoms with Crippen LogP contribution in [0.5, 0.6) is 0 Å². The molecule has 0 aliphatic rings. The number of aliphatic hydroxyl groups is 1. The molecule has 20 heavy (non-hydrogen) atoms. The van der Waals surface area contributed by atoms with Gasteiger partial charge in [0.1, 0.15) is 23.1 Å². The summed E-state index contributed by atoms with van der Waals surface area (Å²) in [5.74, 6) is -2.34. The Morgan fingerprint density at radius 2 is 1.85 bits per heavy atom. The summed E-state index contributed by atoms with van der Waals surface area (Å²) >= 11 is 2.96. The number of benzene rings is 2. The molecule has 1 atom stereocenters. The van der Waals surface area contributed by atoms with E-state index in [4.69, 9.17) is 0 Å². The van der Waals surface area contributed by atoms with Crippen molar-refractivity contribution in [3.8, 4) is 0 Å². The number of rotatable bonds is 3. The molecular weight excluding hydrogens is 333 g/mol. The van der Waals surface area contributed by atoms with E-state index in [2.05, 4.69) is 15.9 Å². The van der Waals surface area contributed by atoms with Gasteiger partial charge in [-0.15, -0.1) is 0 Å². The average molecular weight is 345 g/mol. The Kier molecular flexibility index (Phi) is 4.20. The van der Waals surface area contributed by atoms with Crippen LogP contribution in [0.1, 0.15) is 24.5 Å². The monoisotopic (exact) mass is 344 g/mol. The first-order valence-corrected chi connectivity index (χ1v) is 6.82. The molecule has 0 bridgehead atoms. The maximum absolute atomic E-state index is 14.2. The summed E-state index contributed by atoms with van der Waals surface area (Å²) in [6.07, 6.45) is 0.000741. The Bertz CT molecular complexity index is 645. The predicted molar refractivity (Wildman–Crippen MR) is 73.7 cm³/mol. The van der Waals surface area contributed by atoms with Gasteiger partial charge in [-0.25, -0.2) is 13.2 Å². The summed E-state index contributed by atoms with van der Waals surface area (Å²) in [5.41, 5.74) is -2.31. The molecule has 0 saturated heterocycles. The lowest BCUT2D eigenvalue weighted by molar-refractivity contribution is 0.0678. The van der Waals surface area contributed by atoms with E-state index < -0.39 is 28.6 Å². The molecule has 1 N–H and O–H groups in total. The Morgan fingerprint density at radius 1 is 1.15 bits per heavy atom. The van der Waals surface area contributed by atoms with Crippen LogP contribution in [-0.2, 0) is 5.60 Å². The molecule has 2 rings (SSSR count). The second kappa shape index (κ2) is 5.58. The lowest BCUT2D eigenvalue weighted by Crippen LogP contribution is -2.29. The summed E-state index contributed by atoms with van der Waals surface area (Å²) in [7, 11) is 0. The molecule has 0 aliphatic carbocycles. The van der Waals surface area contributed by atoms with Crippen LogP contribution in [0, 0.1) is 17.5 Å². The van der Waals surface area contributed by atoms with Crippen LogP contribution in [0.2, 0.25) is 0 Å². The Hall–Kier alpha value is -1.33. The molecule has 0 spiro atoms. The third-order valence-corrected chi connectivity index (χ3v) is 3.88. The van der Waals surface area contributed by atoms with Crippen LogP contribution in [0.4, 0.5) is 13.2 Å². The van der Waals surface area contributed by atoms with Crippen molar-refractivity contribution >= 4 is 15.9 Å². The van der Waals surface area contributed by atoms with Crippen molar-refractivity contribution in [3.05, 3.63) is 69.4 Å². The van der Waals surface area contributed by atoms with Gasteiger partial charge in [0.25, 0.3) is 0 Å². The SMILES string of the molecule is CCC(O)(c1cccc(F)c1)c1c(F)ccc(Br)c1F. The standard InChI is InChI=1S/C15H12BrF3O/c1-2-15(20,9-4-3-5-10(17)8-9)13-12(18)7-6-11(16)14(13)19/h3-8,20H,2H2,1H3. The zero-order valence-corrected chi connectivity index (χ0v) is 12.2. The highest BCUT2D eigenvalue weighted by atomic mass is 79.9. The van der Waals surface area contributed by atoms with Crippen LogP contribution in [-0.4, -0.2) is 5.11 Å². The summed E-state index contributed by atoms with van der Waals surface area (Å²) in [6, 6.07) is 7.38. The summed E-state index contributed by atoms with van der Waals surface area (Å²) in [4.78, 5) is 0. The number of hydrogen-bond acceptors (Lipinski definition) is 1. The molecule has 1 nitrogen and oxygen atoms in total. The first-order valence-electron chi connectivity index (χ1n) is 6.02. The lowest BCUT2D eigenvalue weighted by Gasteiger charge is -2.29. The van der Waals surface area contributed by atoms with Crippen molar-refractivity contribution in [1.29, 1.82) is 0 Å². The van der Waals surface area contributed by atoms with Gasteiger partial charge < -0.3 is 5.11 Å². The summed E-state index contributed by atoms with van der Waals surface area (Å²) in [5, 5.41) is 10.7. The molecule has 1 unspecified atom stereocenters. The van der Waals surface area contributed by atoms with E-state index in [1.807, 2.05) is 0 Å². The van der Waals surface area contributed by atoms with Crippen molar-refractivity contribution in [3.63, 3.8) is 0 Å². The minimum Gasteiger partial charge on any atom is -0.380 e. The van der Waals surface area contributed by atoms with Gasteiger partial charge in [-0.1, -0.05) is 19.1 Å². The van der Waals surface area contributed by atoms with Gasteiger partial charge >= 0.3 is 0 Å². The third-order valence-electron chi connectivity index (χ3n) is 3.27. The molecule has 2 aromatic rings. The zero-order chi connectivity index (χ0) is 14.9. The van der Waals surface area contributed by atoms with Gasteiger partial charge in [0.2, 0.25) is 0 Å². The van der Waals surface area contributed by atoms with Crippen LogP contribution in [0.25, 0.3) is 0 Å². The van der Waals surface area contributed by atoms with Crippen molar-refractivity contribution in [1.82, 2.24) is 0 Å². The topological polar surface area (TPSA) is 20.2 Å². The molecule has 0 amide bonds. The first kappa shape index (κ1) is 15.1. The second-order valence-electron chi connectivity index (χ2n) is 4.44. The number of halogens is 4. The fourth-order valence-corrected chi connectivity index (χ4v) is 2.51. The van der Waals surface area contributed by atoms with E-state index in [9.17, 15) is 18.3 Å². The van der Waals surface area contributed by atoms with Gasteiger partial charge in [-0.05, 0) is 52.2 Å². The van der Waals surface area contributed by atoms with E-state index in [-0.39, 0.29) is 16.5 Å².